The lowest BCUT2D eigenvalue weighted by Crippen LogP contribution is -2.36. The second kappa shape index (κ2) is 10.8. The highest BCUT2D eigenvalue weighted by Gasteiger charge is 2.35. The maximum atomic E-state index is 5.03. The Morgan fingerprint density at radius 2 is 1.02 bits per heavy atom. The molecule has 0 fully saturated rings. The molecule has 3 nitrogen and oxygen atoms in total. The van der Waals surface area contributed by atoms with Gasteiger partial charge in [-0.2, -0.15) is 0 Å². The molecule has 7 aromatic rings. The van der Waals surface area contributed by atoms with Crippen LogP contribution in [0.15, 0.2) is 158 Å². The van der Waals surface area contributed by atoms with Crippen LogP contribution < -0.4 is 4.68 Å². The van der Waals surface area contributed by atoms with E-state index in [0.29, 0.717) is 5.82 Å². The number of hydrogen-bond acceptors (Lipinski definition) is 2. The Morgan fingerprint density at radius 1 is 0.467 bits per heavy atom. The largest absolute Gasteiger partial charge is 0.238 e. The van der Waals surface area contributed by atoms with Crippen LogP contribution in [-0.2, 0) is 5.41 Å². The van der Waals surface area contributed by atoms with Crippen molar-refractivity contribution in [3.8, 4) is 61.7 Å². The summed E-state index contributed by atoms with van der Waals surface area (Å²) in [5.41, 5.74) is 14.1. The summed E-state index contributed by atoms with van der Waals surface area (Å²) in [6, 6.07) is 53.6. The molecular weight excluding hydrogens is 546 g/mol. The Hall–Kier alpha value is -5.67. The van der Waals surface area contributed by atoms with Crippen molar-refractivity contribution in [3.63, 3.8) is 0 Å². The molecular formula is C42H32N3+. The molecule has 0 spiro atoms. The molecule has 8 rings (SSSR count). The second-order valence-corrected chi connectivity index (χ2v) is 12.2. The second-order valence-electron chi connectivity index (χ2n) is 12.2. The van der Waals surface area contributed by atoms with Gasteiger partial charge >= 0.3 is 0 Å². The van der Waals surface area contributed by atoms with E-state index in [1.165, 1.54) is 38.9 Å². The van der Waals surface area contributed by atoms with Crippen molar-refractivity contribution in [3.05, 3.63) is 169 Å². The van der Waals surface area contributed by atoms with Crippen LogP contribution in [0.1, 0.15) is 25.0 Å². The monoisotopic (exact) mass is 578 g/mol. The van der Waals surface area contributed by atoms with E-state index in [4.69, 9.17) is 10.1 Å². The molecule has 0 N–H and O–H groups in total. The first-order valence-corrected chi connectivity index (χ1v) is 15.4. The van der Waals surface area contributed by atoms with Gasteiger partial charge in [-0.25, -0.2) is 4.98 Å². The van der Waals surface area contributed by atoms with E-state index in [2.05, 4.69) is 129 Å². The average molecular weight is 579 g/mol. The van der Waals surface area contributed by atoms with E-state index in [9.17, 15) is 0 Å². The predicted molar refractivity (Wildman–Crippen MR) is 183 cm³/mol. The van der Waals surface area contributed by atoms with Crippen LogP contribution in [-0.4, -0.2) is 10.1 Å². The first-order valence-electron chi connectivity index (χ1n) is 15.4. The van der Waals surface area contributed by atoms with E-state index in [0.717, 1.165) is 28.1 Å². The van der Waals surface area contributed by atoms with Crippen LogP contribution in [0.25, 0.3) is 61.7 Å². The SMILES string of the molecule is CC1(C)c2ccccc2-c2ccc(-c3cccc(-c4cccc(-c5c[n+](-c6ccccc6)nc(-c6ccccc6)n5)c4)c3)cc21. The van der Waals surface area contributed by atoms with Crippen LogP contribution in [0.3, 0.4) is 0 Å². The molecule has 1 aliphatic carbocycles. The molecule has 0 unspecified atom stereocenters. The topological polar surface area (TPSA) is 29.7 Å². The Bertz CT molecular complexity index is 2130. The van der Waals surface area contributed by atoms with Gasteiger partial charge in [0.15, 0.2) is 0 Å². The van der Waals surface area contributed by atoms with Crippen LogP contribution >= 0.6 is 0 Å². The fraction of sp³-hybridized carbons (Fsp3) is 0.0714. The highest BCUT2D eigenvalue weighted by Crippen LogP contribution is 2.49. The van der Waals surface area contributed by atoms with Crippen molar-refractivity contribution in [2.45, 2.75) is 19.3 Å². The molecule has 1 aromatic heterocycles. The summed E-state index contributed by atoms with van der Waals surface area (Å²) in [5.74, 6) is 0.686. The summed E-state index contributed by atoms with van der Waals surface area (Å²) in [5, 5.41) is 4.88. The minimum Gasteiger partial charge on any atom is -0.216 e. The maximum absolute atomic E-state index is 5.03. The first-order chi connectivity index (χ1) is 22.0. The van der Waals surface area contributed by atoms with Crippen molar-refractivity contribution in [1.29, 1.82) is 0 Å². The fourth-order valence-corrected chi connectivity index (χ4v) is 6.59. The molecule has 3 heteroatoms. The molecule has 0 radical (unpaired) electrons. The van der Waals surface area contributed by atoms with Gasteiger partial charge in [0.25, 0.3) is 0 Å². The summed E-state index contributed by atoms with van der Waals surface area (Å²) >= 11 is 0. The lowest BCUT2D eigenvalue weighted by atomic mass is 9.81. The van der Waals surface area contributed by atoms with Gasteiger partial charge in [0.05, 0.1) is 0 Å². The quantitative estimate of drug-likeness (QED) is 0.190. The third kappa shape index (κ3) is 4.83. The predicted octanol–water partition coefficient (Wildman–Crippen LogP) is 9.73. The summed E-state index contributed by atoms with van der Waals surface area (Å²) in [6.07, 6.45) is 2.02. The van der Waals surface area contributed by atoms with Gasteiger partial charge < -0.3 is 0 Å². The molecule has 214 valence electrons. The molecule has 0 amide bonds. The Balaban J connectivity index is 1.18. The number of benzene rings is 6. The zero-order valence-corrected chi connectivity index (χ0v) is 25.4. The lowest BCUT2D eigenvalue weighted by Gasteiger charge is -2.22. The fourth-order valence-electron chi connectivity index (χ4n) is 6.59. The molecule has 0 saturated heterocycles. The molecule has 0 saturated carbocycles. The average Bonchev–Trinajstić information content (AvgIpc) is 3.34. The zero-order valence-electron chi connectivity index (χ0n) is 25.4. The molecule has 0 atom stereocenters. The molecule has 45 heavy (non-hydrogen) atoms. The van der Waals surface area contributed by atoms with Gasteiger partial charge in [-0.1, -0.05) is 135 Å². The van der Waals surface area contributed by atoms with Crippen LogP contribution in [0.2, 0.25) is 0 Å². The van der Waals surface area contributed by atoms with E-state index >= 15 is 0 Å². The van der Waals surface area contributed by atoms with Crippen LogP contribution in [0.5, 0.6) is 0 Å². The maximum Gasteiger partial charge on any atom is 0.238 e. The minimum atomic E-state index is -0.0271. The van der Waals surface area contributed by atoms with Gasteiger partial charge in [-0.15, -0.1) is 0 Å². The van der Waals surface area contributed by atoms with Crippen molar-refractivity contribution in [2.24, 2.45) is 0 Å². The number of para-hydroxylation sites is 1. The number of hydrogen-bond donors (Lipinski definition) is 0. The smallest absolute Gasteiger partial charge is 0.216 e. The summed E-state index contributed by atoms with van der Waals surface area (Å²) in [4.78, 5) is 5.03. The minimum absolute atomic E-state index is 0.0271. The third-order valence-corrected chi connectivity index (χ3v) is 9.00. The van der Waals surface area contributed by atoms with Gasteiger partial charge in [0.1, 0.15) is 5.69 Å². The van der Waals surface area contributed by atoms with Gasteiger partial charge in [-0.05, 0) is 67.4 Å². The number of aromatic nitrogens is 3. The Kier molecular flexibility index (Phi) is 6.46. The van der Waals surface area contributed by atoms with Gasteiger partial charge in [0.2, 0.25) is 17.7 Å². The van der Waals surface area contributed by atoms with Gasteiger partial charge in [-0.3, -0.25) is 0 Å². The summed E-state index contributed by atoms with van der Waals surface area (Å²) < 4.78 is 1.92. The molecule has 0 aliphatic heterocycles. The van der Waals surface area contributed by atoms with E-state index < -0.39 is 0 Å². The number of rotatable bonds is 5. The van der Waals surface area contributed by atoms with Crippen molar-refractivity contribution in [2.75, 3.05) is 0 Å². The summed E-state index contributed by atoms with van der Waals surface area (Å²) in [6.45, 7) is 4.67. The summed E-state index contributed by atoms with van der Waals surface area (Å²) in [7, 11) is 0. The Labute approximate surface area is 264 Å². The molecule has 1 aliphatic rings. The first kappa shape index (κ1) is 26.9. The molecule has 1 heterocycles. The number of fused-ring (bicyclic) bond motifs is 3. The zero-order chi connectivity index (χ0) is 30.4. The van der Waals surface area contributed by atoms with Crippen molar-refractivity contribution in [1.82, 2.24) is 10.1 Å². The van der Waals surface area contributed by atoms with Crippen molar-refractivity contribution < 1.29 is 4.68 Å². The highest BCUT2D eigenvalue weighted by molar-refractivity contribution is 5.84. The molecule has 6 aromatic carbocycles. The van der Waals surface area contributed by atoms with Crippen LogP contribution in [0, 0.1) is 0 Å². The third-order valence-electron chi connectivity index (χ3n) is 9.00. The molecule has 0 bridgehead atoms. The van der Waals surface area contributed by atoms with E-state index in [1.54, 1.807) is 0 Å². The van der Waals surface area contributed by atoms with E-state index in [1.807, 2.05) is 47.3 Å². The van der Waals surface area contributed by atoms with Gasteiger partial charge in [0, 0.05) is 33.8 Å². The van der Waals surface area contributed by atoms with Crippen molar-refractivity contribution >= 4 is 0 Å². The normalized spacial score (nSPS) is 12.8. The van der Waals surface area contributed by atoms with E-state index in [-0.39, 0.29) is 5.41 Å². The standard InChI is InChI=1S/C42H32N3/c1-42(2)38-22-10-9-21-36(38)37-24-23-33(27-39(37)42)31-16-11-15-30(25-31)32-17-12-18-34(26-32)40-28-45(35-19-7-4-8-20-35)44-41(43-40)29-13-5-3-6-14-29/h3-28H,1-2H3/q+1. The number of nitrogens with zero attached hydrogens (tertiary/aromatic N) is 3. The van der Waals surface area contributed by atoms with Crippen LogP contribution in [0.4, 0.5) is 0 Å². The highest BCUT2D eigenvalue weighted by atomic mass is 15.3. The lowest BCUT2D eigenvalue weighted by molar-refractivity contribution is -0.658. The Morgan fingerprint density at radius 3 is 1.76 bits per heavy atom.